The van der Waals surface area contributed by atoms with Gasteiger partial charge in [-0.05, 0) is 59.4 Å². The minimum Gasteiger partial charge on any atom is -0.548 e. The molecule has 0 radical (unpaired) electrons. The van der Waals surface area contributed by atoms with Gasteiger partial charge in [-0.3, -0.25) is 0 Å². The summed E-state index contributed by atoms with van der Waals surface area (Å²) >= 11 is 0. The fourth-order valence-corrected chi connectivity index (χ4v) is 3.92. The zero-order valence-corrected chi connectivity index (χ0v) is 18.1. The van der Waals surface area contributed by atoms with E-state index in [0.717, 1.165) is 5.56 Å². The van der Waals surface area contributed by atoms with Crippen molar-refractivity contribution in [2.24, 2.45) is 5.41 Å². The summed E-state index contributed by atoms with van der Waals surface area (Å²) in [5.74, 6) is -0.489. The number of carboxylic acids is 1. The van der Waals surface area contributed by atoms with Gasteiger partial charge in [0.2, 0.25) is 0 Å². The number of nitriles is 1. The number of aliphatic carboxylic acids is 1. The molecule has 0 aliphatic heterocycles. The van der Waals surface area contributed by atoms with Gasteiger partial charge in [0.1, 0.15) is 22.7 Å². The van der Waals surface area contributed by atoms with E-state index < -0.39 is 23.4 Å². The van der Waals surface area contributed by atoms with Crippen molar-refractivity contribution in [3.63, 3.8) is 0 Å². The lowest BCUT2D eigenvalue weighted by Gasteiger charge is -2.43. The average Bonchev–Trinajstić information content (AvgIpc) is 2.75. The number of alkyl halides is 2. The molecule has 0 aliphatic rings. The molecule has 7 heteroatoms. The molecule has 0 spiro atoms. The van der Waals surface area contributed by atoms with Crippen LogP contribution in [0.1, 0.15) is 25.0 Å². The first-order valence-electron chi connectivity index (χ1n) is 10.2. The van der Waals surface area contributed by atoms with Gasteiger partial charge < -0.3 is 19.4 Å². The molecule has 5 nitrogen and oxygen atoms in total. The van der Waals surface area contributed by atoms with Crippen LogP contribution in [-0.4, -0.2) is 12.6 Å². The first kappa shape index (κ1) is 23.7. The van der Waals surface area contributed by atoms with Crippen LogP contribution in [-0.2, 0) is 16.6 Å². The zero-order chi connectivity index (χ0) is 24.1. The fourth-order valence-electron chi connectivity index (χ4n) is 3.92. The first-order valence-corrected chi connectivity index (χ1v) is 10.2. The molecule has 0 bridgehead atoms. The summed E-state index contributed by atoms with van der Waals surface area (Å²) in [6.45, 7) is 0.292. The number of para-hydroxylation sites is 1. The fraction of sp³-hybridized carbons (Fsp3) is 0.231. The molecule has 3 aromatic rings. The summed E-state index contributed by atoms with van der Waals surface area (Å²) in [6.07, 6.45) is 0.204. The molecule has 0 saturated heterocycles. The molecule has 170 valence electrons. The maximum atomic E-state index is 12.5. The highest BCUT2D eigenvalue weighted by Crippen LogP contribution is 2.44. The van der Waals surface area contributed by atoms with E-state index in [1.807, 2.05) is 42.5 Å². The number of rotatable bonds is 9. The summed E-state index contributed by atoms with van der Waals surface area (Å²) in [5.41, 5.74) is -2.32. The Kier molecular flexibility index (Phi) is 6.98. The van der Waals surface area contributed by atoms with Gasteiger partial charge in [-0.15, -0.1) is 0 Å². The van der Waals surface area contributed by atoms with E-state index in [2.05, 4.69) is 4.74 Å². The molecular weight excluding hydrogens is 428 g/mol. The third kappa shape index (κ3) is 5.12. The quantitative estimate of drug-likeness (QED) is 0.465. The highest BCUT2D eigenvalue weighted by molar-refractivity contribution is 5.85. The number of ether oxygens (including phenoxy) is 2. The average molecular weight is 450 g/mol. The van der Waals surface area contributed by atoms with Crippen LogP contribution < -0.4 is 14.6 Å². The van der Waals surface area contributed by atoms with Gasteiger partial charge in [0.25, 0.3) is 0 Å². The summed E-state index contributed by atoms with van der Waals surface area (Å²) in [5, 5.41) is 22.4. The predicted molar refractivity (Wildman–Crippen MR) is 116 cm³/mol. The lowest BCUT2D eigenvalue weighted by atomic mass is 9.60. The SMILES string of the molecule is CC(C)(Cc1cccc(Oc2ccccc2)c1)[C@](C#N)(C(=O)[O-])c1ccc(OC(F)F)cc1. The van der Waals surface area contributed by atoms with Crippen LogP contribution in [0.15, 0.2) is 78.9 Å². The number of nitrogens with zero attached hydrogens (tertiary/aromatic N) is 1. The normalized spacial score (nSPS) is 13.1. The Bertz CT molecular complexity index is 1140. The molecule has 1 atom stereocenters. The smallest absolute Gasteiger partial charge is 0.387 e. The Morgan fingerprint density at radius 2 is 1.61 bits per heavy atom. The van der Waals surface area contributed by atoms with E-state index in [4.69, 9.17) is 4.74 Å². The van der Waals surface area contributed by atoms with E-state index in [1.54, 1.807) is 32.0 Å². The van der Waals surface area contributed by atoms with E-state index in [9.17, 15) is 23.9 Å². The highest BCUT2D eigenvalue weighted by Gasteiger charge is 2.48. The van der Waals surface area contributed by atoms with Crippen LogP contribution in [0.5, 0.6) is 17.2 Å². The maximum absolute atomic E-state index is 12.5. The molecule has 0 unspecified atom stereocenters. The van der Waals surface area contributed by atoms with E-state index in [1.165, 1.54) is 24.3 Å². The maximum Gasteiger partial charge on any atom is 0.387 e. The van der Waals surface area contributed by atoms with Crippen LogP contribution in [0, 0.1) is 16.7 Å². The minimum absolute atomic E-state index is 0.119. The Balaban J connectivity index is 1.93. The molecule has 3 rings (SSSR count). The summed E-state index contributed by atoms with van der Waals surface area (Å²) in [6, 6.07) is 23.3. The van der Waals surface area contributed by atoms with Gasteiger partial charge in [0, 0.05) is 0 Å². The first-order chi connectivity index (χ1) is 15.7. The van der Waals surface area contributed by atoms with Crippen molar-refractivity contribution >= 4 is 5.97 Å². The topological polar surface area (TPSA) is 82.4 Å². The second-order valence-electron chi connectivity index (χ2n) is 8.18. The Morgan fingerprint density at radius 1 is 0.970 bits per heavy atom. The van der Waals surface area contributed by atoms with Gasteiger partial charge in [0.05, 0.1) is 12.0 Å². The second kappa shape index (κ2) is 9.70. The van der Waals surface area contributed by atoms with Crippen molar-refractivity contribution in [2.75, 3.05) is 0 Å². The molecule has 0 aliphatic carbocycles. The van der Waals surface area contributed by atoms with Crippen molar-refractivity contribution in [1.82, 2.24) is 0 Å². The van der Waals surface area contributed by atoms with E-state index in [-0.39, 0.29) is 17.7 Å². The number of benzene rings is 3. The van der Waals surface area contributed by atoms with Crippen LogP contribution in [0.2, 0.25) is 0 Å². The highest BCUT2D eigenvalue weighted by atomic mass is 19.3. The van der Waals surface area contributed by atoms with Crippen molar-refractivity contribution in [2.45, 2.75) is 32.3 Å². The van der Waals surface area contributed by atoms with Crippen LogP contribution in [0.3, 0.4) is 0 Å². The molecule has 0 fully saturated rings. The third-order valence-electron chi connectivity index (χ3n) is 5.52. The van der Waals surface area contributed by atoms with E-state index >= 15 is 0 Å². The molecule has 0 heterocycles. The van der Waals surface area contributed by atoms with Crippen LogP contribution >= 0.6 is 0 Å². The summed E-state index contributed by atoms with van der Waals surface area (Å²) < 4.78 is 35.1. The van der Waals surface area contributed by atoms with Crippen molar-refractivity contribution < 1.29 is 28.2 Å². The molecule has 0 N–H and O–H groups in total. The second-order valence-corrected chi connectivity index (χ2v) is 8.18. The Hall–Kier alpha value is -3.92. The molecule has 0 amide bonds. The number of hydrogen-bond acceptors (Lipinski definition) is 5. The number of carbonyl (C=O) groups is 1. The molecular formula is C26H22F2NO4-. The zero-order valence-electron chi connectivity index (χ0n) is 18.1. The lowest BCUT2D eigenvalue weighted by molar-refractivity contribution is -0.315. The lowest BCUT2D eigenvalue weighted by Crippen LogP contribution is -2.55. The molecule has 0 saturated carbocycles. The summed E-state index contributed by atoms with van der Waals surface area (Å²) in [7, 11) is 0. The monoisotopic (exact) mass is 450 g/mol. The minimum atomic E-state index is -3.01. The number of hydrogen-bond donors (Lipinski definition) is 0. The predicted octanol–water partition coefficient (Wildman–Crippen LogP) is 4.86. The molecule has 0 aromatic heterocycles. The van der Waals surface area contributed by atoms with Crippen molar-refractivity contribution in [3.8, 4) is 23.3 Å². The Labute approximate surface area is 190 Å². The van der Waals surface area contributed by atoms with Gasteiger partial charge in [-0.2, -0.15) is 14.0 Å². The Morgan fingerprint density at radius 3 is 2.18 bits per heavy atom. The van der Waals surface area contributed by atoms with E-state index in [0.29, 0.717) is 11.5 Å². The van der Waals surface area contributed by atoms with Gasteiger partial charge in [-0.1, -0.05) is 56.3 Å². The van der Waals surface area contributed by atoms with Gasteiger partial charge >= 0.3 is 6.61 Å². The number of halogens is 2. The van der Waals surface area contributed by atoms with Crippen molar-refractivity contribution in [1.29, 1.82) is 5.26 Å². The number of carbonyl (C=O) groups excluding carboxylic acids is 1. The molecule has 3 aromatic carbocycles. The third-order valence-corrected chi connectivity index (χ3v) is 5.52. The summed E-state index contributed by atoms with van der Waals surface area (Å²) in [4.78, 5) is 12.4. The number of carboxylic acid groups (broad SMARTS) is 1. The van der Waals surface area contributed by atoms with Crippen molar-refractivity contribution in [3.05, 3.63) is 90.0 Å². The largest absolute Gasteiger partial charge is 0.548 e. The standard InChI is InChI=1S/C26H23F2NO4/c1-25(2,16-18-7-6-10-22(15-18)32-20-8-4-3-5-9-20)26(17-29,23(30)31)19-11-13-21(14-12-19)33-24(27)28/h3-15,24H,16H2,1-2H3,(H,30,31)/p-1/t26-/m0/s1. The van der Waals surface area contributed by atoms with Gasteiger partial charge in [-0.25, -0.2) is 0 Å². The van der Waals surface area contributed by atoms with Crippen LogP contribution in [0.25, 0.3) is 0 Å². The van der Waals surface area contributed by atoms with Gasteiger partial charge in [0.15, 0.2) is 0 Å². The molecule has 33 heavy (non-hydrogen) atoms. The van der Waals surface area contributed by atoms with Crippen LogP contribution in [0.4, 0.5) is 8.78 Å².